The molecule has 1 atom stereocenters. The number of hydrogen-bond acceptors (Lipinski definition) is 6. The van der Waals surface area contributed by atoms with Crippen molar-refractivity contribution in [1.29, 1.82) is 0 Å². The summed E-state index contributed by atoms with van der Waals surface area (Å²) in [5, 5.41) is 0. The van der Waals surface area contributed by atoms with E-state index in [-0.39, 0.29) is 5.56 Å². The summed E-state index contributed by atoms with van der Waals surface area (Å²) in [6.45, 7) is 12.8. The second kappa shape index (κ2) is 9.94. The molecule has 0 aliphatic carbocycles. The van der Waals surface area contributed by atoms with Gasteiger partial charge in [0.25, 0.3) is 5.56 Å². The number of nitrogens with zero attached hydrogens (tertiary/aromatic N) is 4. The highest BCUT2D eigenvalue weighted by Crippen LogP contribution is 2.28. The molecule has 174 valence electrons. The molecular formula is C25H37N5O2. The molecule has 0 radical (unpaired) electrons. The van der Waals surface area contributed by atoms with E-state index in [1.807, 2.05) is 0 Å². The molecule has 1 aromatic carbocycles. The van der Waals surface area contributed by atoms with Crippen LogP contribution in [0.4, 0.5) is 11.6 Å². The van der Waals surface area contributed by atoms with Crippen molar-refractivity contribution in [2.24, 2.45) is 5.92 Å². The first-order chi connectivity index (χ1) is 15.5. The van der Waals surface area contributed by atoms with Crippen LogP contribution >= 0.6 is 0 Å². The standard InChI is InChI=1S/C25H37N5O2/c1-5-29(6-2)20-10-9-19(23(14-20)32-4)16-28-13-11-21-22(17-28)26-25(27-24(21)31)30-12-7-8-18(3)15-30/h9-10,14,18H,5-8,11-13,15-17H2,1-4H3,(H,26,27,31). The third-order valence-corrected chi connectivity index (χ3v) is 6.89. The van der Waals surface area contributed by atoms with Gasteiger partial charge < -0.3 is 14.5 Å². The van der Waals surface area contributed by atoms with E-state index < -0.39 is 0 Å². The van der Waals surface area contributed by atoms with E-state index in [2.05, 4.69) is 58.7 Å². The van der Waals surface area contributed by atoms with Crippen LogP contribution in [0, 0.1) is 5.92 Å². The maximum absolute atomic E-state index is 12.8. The summed E-state index contributed by atoms with van der Waals surface area (Å²) in [6.07, 6.45) is 3.12. The Morgan fingerprint density at radius 3 is 2.78 bits per heavy atom. The van der Waals surface area contributed by atoms with Crippen LogP contribution in [0.15, 0.2) is 23.0 Å². The van der Waals surface area contributed by atoms with Crippen LogP contribution in [0.5, 0.6) is 5.75 Å². The zero-order valence-corrected chi connectivity index (χ0v) is 20.0. The number of benzene rings is 1. The van der Waals surface area contributed by atoms with Crippen LogP contribution in [0.2, 0.25) is 0 Å². The van der Waals surface area contributed by atoms with Crippen molar-refractivity contribution >= 4 is 11.6 Å². The Morgan fingerprint density at radius 2 is 2.06 bits per heavy atom. The largest absolute Gasteiger partial charge is 0.496 e. The number of rotatable bonds is 7. The number of aromatic nitrogens is 2. The zero-order chi connectivity index (χ0) is 22.7. The molecule has 2 aliphatic heterocycles. The third-order valence-electron chi connectivity index (χ3n) is 6.89. The maximum atomic E-state index is 12.8. The number of fused-ring (bicyclic) bond motifs is 1. The summed E-state index contributed by atoms with van der Waals surface area (Å²) in [4.78, 5) is 27.7. The van der Waals surface area contributed by atoms with Crippen molar-refractivity contribution < 1.29 is 4.74 Å². The van der Waals surface area contributed by atoms with Crippen molar-refractivity contribution in [3.05, 3.63) is 45.4 Å². The Morgan fingerprint density at radius 1 is 1.25 bits per heavy atom. The van der Waals surface area contributed by atoms with Gasteiger partial charge >= 0.3 is 0 Å². The number of methoxy groups -OCH3 is 1. The lowest BCUT2D eigenvalue weighted by atomic mass is 10.0. The first-order valence-electron chi connectivity index (χ1n) is 12.0. The highest BCUT2D eigenvalue weighted by molar-refractivity contribution is 5.54. The second-order valence-electron chi connectivity index (χ2n) is 9.14. The summed E-state index contributed by atoms with van der Waals surface area (Å²) < 4.78 is 5.73. The number of anilines is 2. The van der Waals surface area contributed by atoms with Crippen molar-refractivity contribution in [1.82, 2.24) is 14.9 Å². The lowest BCUT2D eigenvalue weighted by Gasteiger charge is -2.33. The molecule has 3 heterocycles. The van der Waals surface area contributed by atoms with E-state index in [1.54, 1.807) is 7.11 Å². The zero-order valence-electron chi connectivity index (χ0n) is 20.0. The van der Waals surface area contributed by atoms with Crippen LogP contribution in [0.25, 0.3) is 0 Å². The lowest BCUT2D eigenvalue weighted by molar-refractivity contribution is 0.237. The van der Waals surface area contributed by atoms with E-state index in [9.17, 15) is 4.79 Å². The Kier molecular flexibility index (Phi) is 7.04. The van der Waals surface area contributed by atoms with E-state index >= 15 is 0 Å². The predicted octanol–water partition coefficient (Wildman–Crippen LogP) is 3.42. The molecule has 2 aromatic rings. The highest BCUT2D eigenvalue weighted by Gasteiger charge is 2.25. The first kappa shape index (κ1) is 22.6. The van der Waals surface area contributed by atoms with Crippen molar-refractivity contribution in [2.45, 2.75) is 53.1 Å². The first-order valence-corrected chi connectivity index (χ1v) is 12.0. The number of aromatic amines is 1. The third kappa shape index (κ3) is 4.77. The SMILES string of the molecule is CCN(CC)c1ccc(CN2CCc3c(nc(N4CCCC(C)C4)[nH]c3=O)C2)c(OC)c1. The molecule has 2 aliphatic rings. The van der Waals surface area contributed by atoms with Crippen LogP contribution in [0.1, 0.15) is 50.4 Å². The van der Waals surface area contributed by atoms with Crippen LogP contribution < -0.4 is 20.1 Å². The molecule has 32 heavy (non-hydrogen) atoms. The van der Waals surface area contributed by atoms with Crippen LogP contribution in [-0.4, -0.2) is 54.7 Å². The Bertz CT molecular complexity index is 985. The second-order valence-corrected chi connectivity index (χ2v) is 9.14. The molecule has 0 bridgehead atoms. The minimum Gasteiger partial charge on any atom is -0.496 e. The molecule has 1 aromatic heterocycles. The average Bonchev–Trinajstić information content (AvgIpc) is 2.80. The normalized spacial score (nSPS) is 19.0. The predicted molar refractivity (Wildman–Crippen MR) is 130 cm³/mol. The van der Waals surface area contributed by atoms with Gasteiger partial charge in [-0.15, -0.1) is 0 Å². The fourth-order valence-corrected chi connectivity index (χ4v) is 5.04. The smallest absolute Gasteiger partial charge is 0.255 e. The molecular weight excluding hydrogens is 402 g/mol. The highest BCUT2D eigenvalue weighted by atomic mass is 16.5. The Labute approximate surface area is 191 Å². The Balaban J connectivity index is 1.52. The summed E-state index contributed by atoms with van der Waals surface area (Å²) in [5.74, 6) is 2.29. The van der Waals surface area contributed by atoms with E-state index in [1.165, 1.54) is 17.7 Å². The monoisotopic (exact) mass is 439 g/mol. The van der Waals surface area contributed by atoms with Gasteiger partial charge in [-0.1, -0.05) is 13.0 Å². The van der Waals surface area contributed by atoms with Crippen LogP contribution in [-0.2, 0) is 19.5 Å². The van der Waals surface area contributed by atoms with Gasteiger partial charge in [-0.2, -0.15) is 0 Å². The molecule has 1 unspecified atom stereocenters. The molecule has 0 amide bonds. The number of piperidine rings is 1. The molecule has 1 fully saturated rings. The summed E-state index contributed by atoms with van der Waals surface area (Å²) >= 11 is 0. The lowest BCUT2D eigenvalue weighted by Crippen LogP contribution is -2.39. The quantitative estimate of drug-likeness (QED) is 0.713. The molecule has 4 rings (SSSR count). The van der Waals surface area contributed by atoms with Gasteiger partial charge in [0.2, 0.25) is 5.95 Å². The van der Waals surface area contributed by atoms with Gasteiger partial charge in [0.15, 0.2) is 0 Å². The van der Waals surface area contributed by atoms with Gasteiger partial charge in [-0.05, 0) is 45.1 Å². The van der Waals surface area contributed by atoms with Crippen molar-refractivity contribution in [3.63, 3.8) is 0 Å². The fourth-order valence-electron chi connectivity index (χ4n) is 5.04. The maximum Gasteiger partial charge on any atom is 0.255 e. The van der Waals surface area contributed by atoms with E-state index in [0.717, 1.165) is 75.1 Å². The van der Waals surface area contributed by atoms with Crippen molar-refractivity contribution in [2.75, 3.05) is 49.6 Å². The van der Waals surface area contributed by atoms with Gasteiger partial charge in [-0.3, -0.25) is 14.7 Å². The minimum atomic E-state index is 0.0315. The number of hydrogen-bond donors (Lipinski definition) is 1. The van der Waals surface area contributed by atoms with Gasteiger partial charge in [0, 0.05) is 68.7 Å². The summed E-state index contributed by atoms with van der Waals surface area (Å²) in [6, 6.07) is 6.49. The molecule has 7 nitrogen and oxygen atoms in total. The van der Waals surface area contributed by atoms with E-state index in [0.29, 0.717) is 12.5 Å². The number of nitrogens with one attached hydrogen (secondary N) is 1. The minimum absolute atomic E-state index is 0.0315. The average molecular weight is 440 g/mol. The summed E-state index contributed by atoms with van der Waals surface area (Å²) in [5.41, 5.74) is 4.16. The molecule has 1 N–H and O–H groups in total. The van der Waals surface area contributed by atoms with E-state index in [4.69, 9.17) is 9.72 Å². The number of ether oxygens (including phenoxy) is 1. The van der Waals surface area contributed by atoms with Crippen LogP contribution in [0.3, 0.4) is 0 Å². The Hall–Kier alpha value is -2.54. The van der Waals surface area contributed by atoms with Gasteiger partial charge in [0.05, 0.1) is 12.8 Å². The molecule has 7 heteroatoms. The fraction of sp³-hybridized carbons (Fsp3) is 0.600. The molecule has 0 spiro atoms. The van der Waals surface area contributed by atoms with Crippen molar-refractivity contribution in [3.8, 4) is 5.75 Å². The molecule has 1 saturated heterocycles. The van der Waals surface area contributed by atoms with Gasteiger partial charge in [-0.25, -0.2) is 4.98 Å². The number of H-pyrrole nitrogens is 1. The molecule has 0 saturated carbocycles. The topological polar surface area (TPSA) is 64.7 Å². The summed E-state index contributed by atoms with van der Waals surface area (Å²) in [7, 11) is 1.74. The van der Waals surface area contributed by atoms with Gasteiger partial charge in [0.1, 0.15) is 5.75 Å².